The Morgan fingerprint density at radius 3 is 2.55 bits per heavy atom. The first-order chi connectivity index (χ1) is 15.8. The number of hydrogen-bond acceptors (Lipinski definition) is 5. The zero-order valence-electron chi connectivity index (χ0n) is 18.8. The van der Waals surface area contributed by atoms with Crippen LogP contribution in [-0.2, 0) is 21.4 Å². The maximum Gasteiger partial charge on any atom is 0.243 e. The van der Waals surface area contributed by atoms with Gasteiger partial charge in [0.15, 0.2) is 0 Å². The lowest BCUT2D eigenvalue weighted by atomic mass is 9.98. The van der Waals surface area contributed by atoms with Gasteiger partial charge in [0.25, 0.3) is 0 Å². The third-order valence-corrected chi connectivity index (χ3v) is 9.09. The summed E-state index contributed by atoms with van der Waals surface area (Å²) in [5.41, 5.74) is 2.99. The monoisotopic (exact) mass is 491 g/mol. The highest BCUT2D eigenvalue weighted by Crippen LogP contribution is 2.26. The number of nitrogens with zero attached hydrogens (tertiary/aromatic N) is 2. The summed E-state index contributed by atoms with van der Waals surface area (Å²) in [4.78, 5) is 15.5. The number of aryl methyl sites for hydroxylation is 1. The fourth-order valence-corrected chi connectivity index (χ4v) is 6.85. The standard InChI is InChI=1S/C24H30FN3O3S2/c1-18-15-19(16-27-11-13-32-14-12-27)4-9-23(18)26-24(29)20-3-2-10-28(17-20)33(30,31)22-7-5-21(25)6-8-22/h4-9,15,20H,2-3,10-14,16-17H2,1H3,(H,26,29). The minimum Gasteiger partial charge on any atom is -0.326 e. The molecule has 1 amide bonds. The third-order valence-electron chi connectivity index (χ3n) is 6.26. The third kappa shape index (κ3) is 5.95. The van der Waals surface area contributed by atoms with Gasteiger partial charge in [-0.25, -0.2) is 12.8 Å². The number of hydrogen-bond donors (Lipinski definition) is 1. The van der Waals surface area contributed by atoms with E-state index in [1.54, 1.807) is 0 Å². The molecule has 0 aromatic heterocycles. The Hall–Kier alpha value is -1.94. The van der Waals surface area contributed by atoms with Gasteiger partial charge in [-0.1, -0.05) is 12.1 Å². The molecule has 2 fully saturated rings. The molecule has 0 radical (unpaired) electrons. The van der Waals surface area contributed by atoms with Crippen molar-refractivity contribution in [1.29, 1.82) is 0 Å². The number of thioether (sulfide) groups is 1. The second-order valence-corrected chi connectivity index (χ2v) is 11.8. The first-order valence-corrected chi connectivity index (χ1v) is 13.9. The van der Waals surface area contributed by atoms with Gasteiger partial charge in [-0.3, -0.25) is 9.69 Å². The van der Waals surface area contributed by atoms with Crippen LogP contribution in [0.3, 0.4) is 0 Å². The highest BCUT2D eigenvalue weighted by Gasteiger charge is 2.33. The van der Waals surface area contributed by atoms with Gasteiger partial charge >= 0.3 is 0 Å². The van der Waals surface area contributed by atoms with Crippen LogP contribution in [0.2, 0.25) is 0 Å². The molecule has 4 rings (SSSR count). The summed E-state index contributed by atoms with van der Waals surface area (Å²) in [6.07, 6.45) is 1.23. The predicted octanol–water partition coefficient (Wildman–Crippen LogP) is 3.72. The number of anilines is 1. The Balaban J connectivity index is 1.39. The Kier molecular flexibility index (Phi) is 7.73. The minimum atomic E-state index is -3.77. The fourth-order valence-electron chi connectivity index (χ4n) is 4.35. The van der Waals surface area contributed by atoms with Crippen LogP contribution in [0.5, 0.6) is 0 Å². The van der Waals surface area contributed by atoms with Crippen LogP contribution in [0, 0.1) is 18.7 Å². The zero-order valence-corrected chi connectivity index (χ0v) is 20.4. The molecule has 0 spiro atoms. The molecule has 9 heteroatoms. The van der Waals surface area contributed by atoms with Crippen LogP contribution in [-0.4, -0.2) is 61.2 Å². The van der Waals surface area contributed by atoms with E-state index < -0.39 is 21.8 Å². The number of sulfonamides is 1. The second-order valence-electron chi connectivity index (χ2n) is 8.68. The summed E-state index contributed by atoms with van der Waals surface area (Å²) in [5.74, 6) is 1.25. The van der Waals surface area contributed by atoms with Crippen LogP contribution < -0.4 is 5.32 Å². The smallest absolute Gasteiger partial charge is 0.243 e. The molecule has 2 aliphatic heterocycles. The van der Waals surface area contributed by atoms with Crippen molar-refractivity contribution in [1.82, 2.24) is 9.21 Å². The summed E-state index contributed by atoms with van der Waals surface area (Å²) in [6, 6.07) is 10.9. The van der Waals surface area contributed by atoms with E-state index in [1.807, 2.05) is 24.8 Å². The molecule has 1 N–H and O–H groups in total. The summed E-state index contributed by atoms with van der Waals surface area (Å²) < 4.78 is 40.4. The molecule has 2 saturated heterocycles. The van der Waals surface area contributed by atoms with E-state index in [4.69, 9.17) is 0 Å². The van der Waals surface area contributed by atoms with E-state index in [-0.39, 0.29) is 17.3 Å². The van der Waals surface area contributed by atoms with Gasteiger partial charge in [0.05, 0.1) is 10.8 Å². The molecule has 0 bridgehead atoms. The average molecular weight is 492 g/mol. The molecule has 178 valence electrons. The fraction of sp³-hybridized carbons (Fsp3) is 0.458. The Labute approximate surface area is 199 Å². The number of nitrogens with one attached hydrogen (secondary N) is 1. The molecule has 2 aliphatic rings. The Bertz CT molecular complexity index is 1090. The second kappa shape index (κ2) is 10.5. The van der Waals surface area contributed by atoms with Gasteiger partial charge in [0, 0.05) is 49.9 Å². The number of carbonyl (C=O) groups is 1. The van der Waals surface area contributed by atoms with Crippen molar-refractivity contribution >= 4 is 33.4 Å². The van der Waals surface area contributed by atoms with Gasteiger partial charge in [-0.05, 0) is 61.2 Å². The largest absolute Gasteiger partial charge is 0.326 e. The first-order valence-electron chi connectivity index (χ1n) is 11.3. The van der Waals surface area contributed by atoms with E-state index in [9.17, 15) is 17.6 Å². The predicted molar refractivity (Wildman–Crippen MR) is 130 cm³/mol. The maximum absolute atomic E-state index is 13.2. The van der Waals surface area contributed by atoms with Gasteiger partial charge in [0.2, 0.25) is 15.9 Å². The molecule has 2 aromatic rings. The highest BCUT2D eigenvalue weighted by molar-refractivity contribution is 7.99. The number of halogens is 1. The number of amides is 1. The Morgan fingerprint density at radius 1 is 1.12 bits per heavy atom. The van der Waals surface area contributed by atoms with Crippen molar-refractivity contribution in [3.63, 3.8) is 0 Å². The van der Waals surface area contributed by atoms with Crippen molar-refractivity contribution in [2.75, 3.05) is 43.0 Å². The quantitative estimate of drug-likeness (QED) is 0.667. The SMILES string of the molecule is Cc1cc(CN2CCSCC2)ccc1NC(=O)C1CCCN(S(=O)(=O)c2ccc(F)cc2)C1. The van der Waals surface area contributed by atoms with Gasteiger partial charge in [-0.15, -0.1) is 0 Å². The van der Waals surface area contributed by atoms with Crippen molar-refractivity contribution in [2.45, 2.75) is 31.2 Å². The summed E-state index contributed by atoms with van der Waals surface area (Å²) >= 11 is 1.99. The summed E-state index contributed by atoms with van der Waals surface area (Å²) in [7, 11) is -3.77. The van der Waals surface area contributed by atoms with Gasteiger partial charge in [-0.2, -0.15) is 16.1 Å². The number of rotatable bonds is 6. The topological polar surface area (TPSA) is 69.7 Å². The normalized spacial score (nSPS) is 20.5. The van der Waals surface area contributed by atoms with Crippen molar-refractivity contribution in [2.24, 2.45) is 5.92 Å². The minimum absolute atomic E-state index is 0.0451. The molecule has 2 aromatic carbocycles. The van der Waals surface area contributed by atoms with Crippen molar-refractivity contribution in [3.8, 4) is 0 Å². The molecule has 0 aliphatic carbocycles. The first kappa shape index (κ1) is 24.2. The molecule has 1 atom stereocenters. The lowest BCUT2D eigenvalue weighted by molar-refractivity contribution is -0.120. The number of carbonyl (C=O) groups excluding carboxylic acids is 1. The molecular formula is C24H30FN3O3S2. The van der Waals surface area contributed by atoms with E-state index in [1.165, 1.54) is 33.5 Å². The summed E-state index contributed by atoms with van der Waals surface area (Å²) in [5, 5.41) is 3.00. The molecule has 33 heavy (non-hydrogen) atoms. The van der Waals surface area contributed by atoms with Crippen LogP contribution in [0.15, 0.2) is 47.4 Å². The highest BCUT2D eigenvalue weighted by atomic mass is 32.2. The van der Waals surface area contributed by atoms with E-state index in [0.717, 1.165) is 43.0 Å². The van der Waals surface area contributed by atoms with E-state index in [2.05, 4.69) is 22.3 Å². The van der Waals surface area contributed by atoms with Crippen LogP contribution in [0.4, 0.5) is 10.1 Å². The van der Waals surface area contributed by atoms with E-state index >= 15 is 0 Å². The molecule has 0 saturated carbocycles. The van der Waals surface area contributed by atoms with Crippen LogP contribution in [0.25, 0.3) is 0 Å². The summed E-state index contributed by atoms with van der Waals surface area (Å²) in [6.45, 7) is 5.57. The van der Waals surface area contributed by atoms with Gasteiger partial charge < -0.3 is 5.32 Å². The Morgan fingerprint density at radius 2 is 1.85 bits per heavy atom. The zero-order chi connectivity index (χ0) is 23.4. The van der Waals surface area contributed by atoms with Crippen LogP contribution in [0.1, 0.15) is 24.0 Å². The molecule has 1 unspecified atom stereocenters. The maximum atomic E-state index is 13.2. The lowest BCUT2D eigenvalue weighted by Gasteiger charge is -2.31. The number of benzene rings is 2. The molecule has 2 heterocycles. The number of piperidine rings is 1. The molecule has 6 nitrogen and oxygen atoms in total. The van der Waals surface area contributed by atoms with Crippen molar-refractivity contribution < 1.29 is 17.6 Å². The van der Waals surface area contributed by atoms with Gasteiger partial charge in [0.1, 0.15) is 5.82 Å². The average Bonchev–Trinajstić information content (AvgIpc) is 2.82. The van der Waals surface area contributed by atoms with Crippen molar-refractivity contribution in [3.05, 3.63) is 59.4 Å². The molecular weight excluding hydrogens is 461 g/mol. The van der Waals surface area contributed by atoms with E-state index in [0.29, 0.717) is 19.4 Å². The lowest BCUT2D eigenvalue weighted by Crippen LogP contribution is -2.43. The van der Waals surface area contributed by atoms with Crippen LogP contribution >= 0.6 is 11.8 Å².